The van der Waals surface area contributed by atoms with Crippen molar-refractivity contribution in [3.05, 3.63) is 69.2 Å². The van der Waals surface area contributed by atoms with Crippen molar-refractivity contribution in [3.63, 3.8) is 0 Å². The lowest BCUT2D eigenvalue weighted by Gasteiger charge is -2.07. The number of halogens is 2. The van der Waals surface area contributed by atoms with Gasteiger partial charge in [-0.25, -0.2) is 0 Å². The maximum absolute atomic E-state index is 6.14. The topological polar surface area (TPSA) is 21.6 Å². The van der Waals surface area contributed by atoms with Crippen molar-refractivity contribution in [2.75, 3.05) is 0 Å². The Hall–Kier alpha value is -1.51. The van der Waals surface area contributed by atoms with Gasteiger partial charge in [-0.2, -0.15) is 0 Å². The van der Waals surface area contributed by atoms with Gasteiger partial charge in [-0.05, 0) is 48.4 Å². The highest BCUT2D eigenvalue weighted by Gasteiger charge is 2.40. The van der Waals surface area contributed by atoms with Gasteiger partial charge in [-0.15, -0.1) is 0 Å². The van der Waals surface area contributed by atoms with Crippen molar-refractivity contribution >= 4 is 28.9 Å². The van der Waals surface area contributed by atoms with Gasteiger partial charge in [0.15, 0.2) is 0 Å². The molecule has 1 aliphatic carbocycles. The first-order valence-electron chi connectivity index (χ1n) is 8.66. The van der Waals surface area contributed by atoms with Crippen LogP contribution in [0.5, 0.6) is 0 Å². The van der Waals surface area contributed by atoms with Crippen LogP contribution in [0.3, 0.4) is 0 Å². The summed E-state index contributed by atoms with van der Waals surface area (Å²) in [5.74, 6) is 1.61. The van der Waals surface area contributed by atoms with E-state index < -0.39 is 0 Å². The molecular weight excluding hydrogens is 353 g/mol. The minimum atomic E-state index is 0.355. The summed E-state index contributed by atoms with van der Waals surface area (Å²) in [7, 11) is 0. The number of nitrogens with zero attached hydrogens (tertiary/aromatic N) is 1. The summed E-state index contributed by atoms with van der Waals surface area (Å²) < 4.78 is 0. The minimum absolute atomic E-state index is 0.355. The van der Waals surface area contributed by atoms with Crippen LogP contribution in [-0.2, 0) is 11.4 Å². The maximum Gasteiger partial charge on any atom is 0.143 e. The van der Waals surface area contributed by atoms with E-state index in [4.69, 9.17) is 28.0 Å². The normalized spacial score (nSPS) is 20.0. The molecule has 2 aromatic carbocycles. The zero-order chi connectivity index (χ0) is 18.0. The number of oxime groups is 1. The second-order valence-corrected chi connectivity index (χ2v) is 7.86. The predicted molar refractivity (Wildman–Crippen MR) is 106 cm³/mol. The Morgan fingerprint density at radius 1 is 1.16 bits per heavy atom. The van der Waals surface area contributed by atoms with Gasteiger partial charge in [0.05, 0.1) is 5.71 Å². The van der Waals surface area contributed by atoms with Crippen LogP contribution in [-0.4, -0.2) is 5.71 Å². The van der Waals surface area contributed by atoms with Gasteiger partial charge in [0.25, 0.3) is 0 Å². The molecule has 0 aromatic heterocycles. The second-order valence-electron chi connectivity index (χ2n) is 7.01. The van der Waals surface area contributed by atoms with Crippen LogP contribution >= 0.6 is 23.2 Å². The maximum atomic E-state index is 6.14. The standard InChI is InChI=1S/C21H23Cl2NO/c1-13(2)15-4-6-16(7-5-15)20-11-19(20)14(3)24-25-12-17-8-9-18(22)10-21(17)23/h4-10,13,19-20H,11-12H2,1-3H3/b24-14+. The third-order valence-corrected chi connectivity index (χ3v) is 5.39. The van der Waals surface area contributed by atoms with Crippen LogP contribution < -0.4 is 0 Å². The van der Waals surface area contributed by atoms with Crippen molar-refractivity contribution in [1.82, 2.24) is 0 Å². The molecule has 2 unspecified atom stereocenters. The summed E-state index contributed by atoms with van der Waals surface area (Å²) >= 11 is 12.0. The first kappa shape index (κ1) is 18.3. The van der Waals surface area contributed by atoms with E-state index >= 15 is 0 Å². The van der Waals surface area contributed by atoms with Crippen LogP contribution in [0.2, 0.25) is 10.0 Å². The summed E-state index contributed by atoms with van der Waals surface area (Å²) in [5.41, 5.74) is 4.71. The number of hydrogen-bond donors (Lipinski definition) is 0. The molecular formula is C21H23Cl2NO. The third kappa shape index (κ3) is 4.56. The van der Waals surface area contributed by atoms with Gasteiger partial charge < -0.3 is 4.84 Å². The Balaban J connectivity index is 1.55. The molecule has 0 bridgehead atoms. The highest BCUT2D eigenvalue weighted by molar-refractivity contribution is 6.35. The van der Waals surface area contributed by atoms with E-state index in [2.05, 4.69) is 43.3 Å². The lowest BCUT2D eigenvalue weighted by Crippen LogP contribution is -1.99. The Morgan fingerprint density at radius 3 is 2.52 bits per heavy atom. The fourth-order valence-electron chi connectivity index (χ4n) is 3.06. The molecule has 3 rings (SSSR count). The summed E-state index contributed by atoms with van der Waals surface area (Å²) in [6.45, 7) is 6.83. The molecule has 0 heterocycles. The molecule has 2 atom stereocenters. The molecule has 1 aliphatic rings. The quantitative estimate of drug-likeness (QED) is 0.401. The van der Waals surface area contributed by atoms with Gasteiger partial charge in [-0.1, -0.05) is 72.5 Å². The zero-order valence-corrected chi connectivity index (χ0v) is 16.3. The first-order valence-corrected chi connectivity index (χ1v) is 9.41. The molecule has 0 spiro atoms. The monoisotopic (exact) mass is 375 g/mol. The molecule has 25 heavy (non-hydrogen) atoms. The van der Waals surface area contributed by atoms with E-state index in [1.165, 1.54) is 11.1 Å². The zero-order valence-electron chi connectivity index (χ0n) is 14.8. The third-order valence-electron chi connectivity index (χ3n) is 4.80. The molecule has 4 heteroatoms. The SMILES string of the molecule is C/C(=N\OCc1ccc(Cl)cc1Cl)C1CC1c1ccc(C(C)C)cc1. The smallest absolute Gasteiger partial charge is 0.143 e. The van der Waals surface area contributed by atoms with Gasteiger partial charge >= 0.3 is 0 Å². The summed E-state index contributed by atoms with van der Waals surface area (Å²) in [6.07, 6.45) is 1.14. The molecule has 0 N–H and O–H groups in total. The molecule has 0 aliphatic heterocycles. The van der Waals surface area contributed by atoms with E-state index in [-0.39, 0.29) is 0 Å². The Kier molecular flexibility index (Phi) is 5.71. The fraction of sp³-hybridized carbons (Fsp3) is 0.381. The average Bonchev–Trinajstić information content (AvgIpc) is 3.37. The van der Waals surface area contributed by atoms with Crippen molar-refractivity contribution in [2.45, 2.75) is 45.6 Å². The van der Waals surface area contributed by atoms with Crippen molar-refractivity contribution < 1.29 is 4.84 Å². The van der Waals surface area contributed by atoms with Gasteiger partial charge in [-0.3, -0.25) is 0 Å². The summed E-state index contributed by atoms with van der Waals surface area (Å²) in [5, 5.41) is 5.52. The van der Waals surface area contributed by atoms with Gasteiger partial charge in [0.2, 0.25) is 0 Å². The van der Waals surface area contributed by atoms with Crippen LogP contribution in [0.1, 0.15) is 55.7 Å². The molecule has 2 aromatic rings. The summed E-state index contributed by atoms with van der Waals surface area (Å²) in [4.78, 5) is 5.50. The number of rotatable bonds is 6. The highest BCUT2D eigenvalue weighted by Crippen LogP contribution is 2.48. The van der Waals surface area contributed by atoms with Crippen molar-refractivity contribution in [2.24, 2.45) is 11.1 Å². The Labute approximate surface area is 159 Å². The Morgan fingerprint density at radius 2 is 1.88 bits per heavy atom. The molecule has 0 amide bonds. The Bertz CT molecular complexity index is 768. The van der Waals surface area contributed by atoms with E-state index in [0.29, 0.717) is 34.4 Å². The number of hydrogen-bond acceptors (Lipinski definition) is 2. The van der Waals surface area contributed by atoms with Crippen LogP contribution in [0, 0.1) is 5.92 Å². The second kappa shape index (κ2) is 7.80. The molecule has 2 nitrogen and oxygen atoms in total. The predicted octanol–water partition coefficient (Wildman–Crippen LogP) is 6.81. The van der Waals surface area contributed by atoms with E-state index in [1.54, 1.807) is 12.1 Å². The number of benzene rings is 2. The van der Waals surface area contributed by atoms with Gasteiger partial charge in [0, 0.05) is 21.5 Å². The van der Waals surface area contributed by atoms with Crippen LogP contribution in [0.25, 0.3) is 0 Å². The van der Waals surface area contributed by atoms with Crippen LogP contribution in [0.4, 0.5) is 0 Å². The lowest BCUT2D eigenvalue weighted by molar-refractivity contribution is 0.129. The highest BCUT2D eigenvalue weighted by atomic mass is 35.5. The molecule has 132 valence electrons. The molecule has 0 saturated heterocycles. The minimum Gasteiger partial charge on any atom is -0.391 e. The van der Waals surface area contributed by atoms with E-state index in [0.717, 1.165) is 17.7 Å². The lowest BCUT2D eigenvalue weighted by atomic mass is 9.99. The molecule has 1 saturated carbocycles. The van der Waals surface area contributed by atoms with Crippen molar-refractivity contribution in [3.8, 4) is 0 Å². The molecule has 1 fully saturated rings. The molecule has 0 radical (unpaired) electrons. The van der Waals surface area contributed by atoms with Crippen molar-refractivity contribution in [1.29, 1.82) is 0 Å². The van der Waals surface area contributed by atoms with Gasteiger partial charge in [0.1, 0.15) is 6.61 Å². The average molecular weight is 376 g/mol. The largest absolute Gasteiger partial charge is 0.391 e. The van der Waals surface area contributed by atoms with E-state index in [9.17, 15) is 0 Å². The van der Waals surface area contributed by atoms with Crippen LogP contribution in [0.15, 0.2) is 47.6 Å². The van der Waals surface area contributed by atoms with E-state index in [1.807, 2.05) is 13.0 Å². The fourth-order valence-corrected chi connectivity index (χ4v) is 3.53. The summed E-state index contributed by atoms with van der Waals surface area (Å²) in [6, 6.07) is 14.4. The first-order chi connectivity index (χ1) is 12.0.